The van der Waals surface area contributed by atoms with Crippen molar-refractivity contribution in [2.75, 3.05) is 7.11 Å². The van der Waals surface area contributed by atoms with Crippen LogP contribution in [-0.4, -0.2) is 30.2 Å². The lowest BCUT2D eigenvalue weighted by Crippen LogP contribution is -2.50. The highest BCUT2D eigenvalue weighted by Gasteiger charge is 2.37. The van der Waals surface area contributed by atoms with Crippen LogP contribution in [0.2, 0.25) is 5.02 Å². The topological polar surface area (TPSA) is 84.9 Å². The second kappa shape index (κ2) is 7.48. The third-order valence-electron chi connectivity index (χ3n) is 4.60. The Morgan fingerprint density at radius 2 is 2.11 bits per heavy atom. The molecule has 1 heterocycles. The number of nitrogens with one attached hydrogen (secondary N) is 1. The molecule has 0 spiro atoms. The van der Waals surface area contributed by atoms with Crippen LogP contribution in [0.25, 0.3) is 0 Å². The normalized spacial score (nSPS) is 17.4. The molecule has 1 aliphatic rings. The van der Waals surface area contributed by atoms with Crippen LogP contribution in [0, 0.1) is 0 Å². The molecule has 6 nitrogen and oxygen atoms in total. The first-order valence-electron chi connectivity index (χ1n) is 8.44. The predicted octanol–water partition coefficient (Wildman–Crippen LogP) is 3.16. The maximum atomic E-state index is 12.8. The van der Waals surface area contributed by atoms with Crippen LogP contribution in [-0.2, 0) is 21.5 Å². The zero-order valence-corrected chi connectivity index (χ0v) is 15.7. The van der Waals surface area contributed by atoms with E-state index in [4.69, 9.17) is 21.1 Å². The number of fused-ring (bicyclic) bond motifs is 1. The van der Waals surface area contributed by atoms with Gasteiger partial charge in [-0.25, -0.2) is 0 Å². The molecular weight excluding hydrogens is 370 g/mol. The van der Waals surface area contributed by atoms with Gasteiger partial charge in [-0.1, -0.05) is 23.7 Å². The van der Waals surface area contributed by atoms with E-state index in [2.05, 4.69) is 5.32 Å². The number of aliphatic carboxylic acids is 1. The SMILES string of the molecule is COc1cccc(C(C)(CC(=O)O)NC(=O)C2Cc3cc(Cl)ccc3O2)c1. The molecule has 3 rings (SSSR count). The Morgan fingerprint density at radius 1 is 1.33 bits per heavy atom. The molecule has 0 saturated heterocycles. The lowest BCUT2D eigenvalue weighted by atomic mass is 9.88. The van der Waals surface area contributed by atoms with E-state index in [0.29, 0.717) is 28.5 Å². The lowest BCUT2D eigenvalue weighted by molar-refractivity contribution is -0.139. The largest absolute Gasteiger partial charge is 0.497 e. The molecule has 0 saturated carbocycles. The fraction of sp³-hybridized carbons (Fsp3) is 0.300. The van der Waals surface area contributed by atoms with Gasteiger partial charge in [-0.2, -0.15) is 0 Å². The number of benzene rings is 2. The summed E-state index contributed by atoms with van der Waals surface area (Å²) in [5.41, 5.74) is 0.368. The molecule has 0 bridgehead atoms. The minimum atomic E-state index is -1.12. The number of amides is 1. The van der Waals surface area contributed by atoms with Crippen molar-refractivity contribution in [3.63, 3.8) is 0 Å². The molecule has 142 valence electrons. The van der Waals surface area contributed by atoms with E-state index < -0.39 is 17.6 Å². The van der Waals surface area contributed by atoms with Crippen molar-refractivity contribution >= 4 is 23.5 Å². The molecule has 2 atom stereocenters. The maximum absolute atomic E-state index is 12.8. The minimum Gasteiger partial charge on any atom is -0.497 e. The summed E-state index contributed by atoms with van der Waals surface area (Å²) in [4.78, 5) is 24.3. The van der Waals surface area contributed by atoms with Gasteiger partial charge in [0.25, 0.3) is 5.91 Å². The molecule has 0 aliphatic carbocycles. The number of carboxylic acid groups (broad SMARTS) is 1. The van der Waals surface area contributed by atoms with Crippen molar-refractivity contribution in [2.24, 2.45) is 0 Å². The van der Waals surface area contributed by atoms with Gasteiger partial charge in [0.15, 0.2) is 6.10 Å². The fourth-order valence-electron chi connectivity index (χ4n) is 3.20. The second-order valence-electron chi connectivity index (χ2n) is 6.69. The molecule has 1 amide bonds. The fourth-order valence-corrected chi connectivity index (χ4v) is 3.40. The molecule has 2 aromatic carbocycles. The minimum absolute atomic E-state index is 0.280. The Labute approximate surface area is 162 Å². The summed E-state index contributed by atoms with van der Waals surface area (Å²) in [6.45, 7) is 1.67. The summed E-state index contributed by atoms with van der Waals surface area (Å²) in [5, 5.41) is 12.8. The van der Waals surface area contributed by atoms with Gasteiger partial charge in [-0.3, -0.25) is 9.59 Å². The van der Waals surface area contributed by atoms with Crippen molar-refractivity contribution in [3.05, 3.63) is 58.6 Å². The van der Waals surface area contributed by atoms with Gasteiger partial charge >= 0.3 is 5.97 Å². The smallest absolute Gasteiger partial charge is 0.306 e. The zero-order valence-electron chi connectivity index (χ0n) is 15.0. The Kier molecular flexibility index (Phi) is 5.28. The Balaban J connectivity index is 1.82. The van der Waals surface area contributed by atoms with Crippen molar-refractivity contribution in [2.45, 2.75) is 31.4 Å². The van der Waals surface area contributed by atoms with Gasteiger partial charge in [0.2, 0.25) is 0 Å². The molecule has 2 N–H and O–H groups in total. The number of halogens is 1. The first kappa shape index (κ1) is 19.0. The quantitative estimate of drug-likeness (QED) is 0.792. The van der Waals surface area contributed by atoms with Crippen molar-refractivity contribution in [3.8, 4) is 11.5 Å². The Bertz CT molecular complexity index is 884. The number of hydrogen-bond acceptors (Lipinski definition) is 4. The van der Waals surface area contributed by atoms with Crippen LogP contribution < -0.4 is 14.8 Å². The number of carboxylic acids is 1. The average Bonchev–Trinajstić information content (AvgIpc) is 3.04. The van der Waals surface area contributed by atoms with Crippen LogP contribution >= 0.6 is 11.6 Å². The highest BCUT2D eigenvalue weighted by molar-refractivity contribution is 6.30. The molecular formula is C20H20ClNO5. The van der Waals surface area contributed by atoms with Crippen LogP contribution in [0.5, 0.6) is 11.5 Å². The van der Waals surface area contributed by atoms with Crippen molar-refractivity contribution < 1.29 is 24.2 Å². The van der Waals surface area contributed by atoms with Crippen LogP contribution in [0.1, 0.15) is 24.5 Å². The third-order valence-corrected chi connectivity index (χ3v) is 4.84. The molecule has 27 heavy (non-hydrogen) atoms. The Hall–Kier alpha value is -2.73. The highest BCUT2D eigenvalue weighted by atomic mass is 35.5. The third kappa shape index (κ3) is 4.17. The summed E-state index contributed by atoms with van der Waals surface area (Å²) in [6, 6.07) is 12.2. The van der Waals surface area contributed by atoms with Crippen molar-refractivity contribution in [1.29, 1.82) is 0 Å². The van der Waals surface area contributed by atoms with E-state index in [1.807, 2.05) is 0 Å². The van der Waals surface area contributed by atoms with Crippen LogP contribution in [0.15, 0.2) is 42.5 Å². The molecule has 1 aliphatic heterocycles. The van der Waals surface area contributed by atoms with E-state index >= 15 is 0 Å². The van der Waals surface area contributed by atoms with E-state index in [1.54, 1.807) is 49.4 Å². The Morgan fingerprint density at radius 3 is 2.81 bits per heavy atom. The summed E-state index contributed by atoms with van der Waals surface area (Å²) in [6.07, 6.45) is -0.641. The van der Waals surface area contributed by atoms with Crippen LogP contribution in [0.3, 0.4) is 0 Å². The van der Waals surface area contributed by atoms with Gasteiger partial charge in [0.05, 0.1) is 19.1 Å². The van der Waals surface area contributed by atoms with E-state index in [-0.39, 0.29) is 12.3 Å². The van der Waals surface area contributed by atoms with Crippen molar-refractivity contribution in [1.82, 2.24) is 5.32 Å². The van der Waals surface area contributed by atoms with Gasteiger partial charge in [-0.15, -0.1) is 0 Å². The summed E-state index contributed by atoms with van der Waals surface area (Å²) < 4.78 is 10.9. The van der Waals surface area contributed by atoms with Gasteiger partial charge in [0, 0.05) is 11.4 Å². The van der Waals surface area contributed by atoms with Gasteiger partial charge in [0.1, 0.15) is 11.5 Å². The lowest BCUT2D eigenvalue weighted by Gasteiger charge is -2.31. The summed E-state index contributed by atoms with van der Waals surface area (Å²) in [7, 11) is 1.53. The number of carbonyl (C=O) groups excluding carboxylic acids is 1. The van der Waals surface area contributed by atoms with Gasteiger partial charge in [-0.05, 0) is 48.4 Å². The molecule has 7 heteroatoms. The van der Waals surface area contributed by atoms with E-state index in [0.717, 1.165) is 5.56 Å². The summed E-state index contributed by atoms with van der Waals surface area (Å²) >= 11 is 5.99. The number of rotatable bonds is 6. The monoisotopic (exact) mass is 389 g/mol. The maximum Gasteiger partial charge on any atom is 0.306 e. The predicted molar refractivity (Wildman–Crippen MR) is 100 cm³/mol. The number of ether oxygens (including phenoxy) is 2. The second-order valence-corrected chi connectivity index (χ2v) is 7.12. The van der Waals surface area contributed by atoms with Gasteiger partial charge < -0.3 is 19.9 Å². The van der Waals surface area contributed by atoms with E-state index in [1.165, 1.54) is 7.11 Å². The molecule has 0 aromatic heterocycles. The molecule has 2 aromatic rings. The van der Waals surface area contributed by atoms with Crippen LogP contribution in [0.4, 0.5) is 0 Å². The molecule has 0 radical (unpaired) electrons. The highest BCUT2D eigenvalue weighted by Crippen LogP contribution is 2.33. The molecule has 0 fully saturated rings. The number of carbonyl (C=O) groups is 2. The number of hydrogen-bond donors (Lipinski definition) is 2. The standard InChI is InChI=1S/C20H20ClNO5/c1-20(11-18(23)24,13-4-3-5-15(10-13)26-2)22-19(25)17-9-12-8-14(21)6-7-16(12)27-17/h3-8,10,17H,9,11H2,1-2H3,(H,22,25)(H,23,24). The molecule has 2 unspecified atom stereocenters. The first-order chi connectivity index (χ1) is 12.8. The first-order valence-corrected chi connectivity index (χ1v) is 8.82. The van der Waals surface area contributed by atoms with E-state index in [9.17, 15) is 14.7 Å². The zero-order chi connectivity index (χ0) is 19.6. The number of methoxy groups -OCH3 is 1. The average molecular weight is 390 g/mol. The summed E-state index contributed by atoms with van der Waals surface area (Å²) in [5.74, 6) is -0.213.